The first kappa shape index (κ1) is 65.0. The number of carbonyl (C=O) groups excluding carboxylic acids is 8. The molecule has 0 aliphatic heterocycles. The summed E-state index contributed by atoms with van der Waals surface area (Å²) < 4.78 is 0. The number of nitrogens with two attached hydrogens (primary N) is 3. The number of amides is 8. The smallest absolute Gasteiger partial charge is 0.326 e. The first-order valence-corrected chi connectivity index (χ1v) is 25.9. The van der Waals surface area contributed by atoms with E-state index in [2.05, 4.69) is 47.5 Å². The van der Waals surface area contributed by atoms with Crippen molar-refractivity contribution >= 4 is 59.2 Å². The van der Waals surface area contributed by atoms with Crippen molar-refractivity contribution in [1.29, 1.82) is 0 Å². The lowest BCUT2D eigenvalue weighted by atomic mass is 9.98. The number of aliphatic imine (C=N–C) groups is 1. The Labute approximate surface area is 446 Å². The molecule has 16 N–H and O–H groups in total. The summed E-state index contributed by atoms with van der Waals surface area (Å²) in [4.78, 5) is 126. The van der Waals surface area contributed by atoms with E-state index < -0.39 is 115 Å². The molecular weight excluding hydrogens is 981 g/mol. The third kappa shape index (κ3) is 25.4. The monoisotopic (exact) mass is 1060 g/mol. The molecule has 0 aliphatic carbocycles. The van der Waals surface area contributed by atoms with Crippen LogP contribution in [0.1, 0.15) is 105 Å². The second-order valence-corrected chi connectivity index (χ2v) is 20.7. The van der Waals surface area contributed by atoms with Crippen LogP contribution < -0.4 is 59.7 Å². The van der Waals surface area contributed by atoms with E-state index in [0.29, 0.717) is 11.1 Å². The predicted octanol–water partition coefficient (Wildman–Crippen LogP) is -0.376. The molecule has 76 heavy (non-hydrogen) atoms. The molecule has 23 nitrogen and oxygen atoms in total. The van der Waals surface area contributed by atoms with E-state index >= 15 is 0 Å². The number of aliphatic hydroxyl groups is 1. The molecule has 23 heteroatoms. The number of aliphatic carboxylic acids is 1. The largest absolute Gasteiger partial charge is 0.480 e. The Morgan fingerprint density at radius 2 is 0.842 bits per heavy atom. The topological polar surface area (TPSA) is 381 Å². The van der Waals surface area contributed by atoms with Crippen LogP contribution in [-0.4, -0.2) is 137 Å². The van der Waals surface area contributed by atoms with Gasteiger partial charge in [0.2, 0.25) is 47.3 Å². The average Bonchev–Trinajstić information content (AvgIpc) is 3.34. The molecule has 0 bridgehead atoms. The van der Waals surface area contributed by atoms with Crippen LogP contribution >= 0.6 is 0 Å². The van der Waals surface area contributed by atoms with Gasteiger partial charge in [-0.15, -0.1) is 0 Å². The van der Waals surface area contributed by atoms with Gasteiger partial charge in [0.25, 0.3) is 0 Å². The average molecular weight is 1070 g/mol. The number of carbonyl (C=O) groups is 9. The number of carboxylic acids is 1. The van der Waals surface area contributed by atoms with E-state index in [1.807, 2.05) is 41.5 Å². The summed E-state index contributed by atoms with van der Waals surface area (Å²) >= 11 is 0. The van der Waals surface area contributed by atoms with Gasteiger partial charge in [-0.05, 0) is 73.3 Å². The molecule has 2 rings (SSSR count). The number of nitrogens with zero attached hydrogens (tertiary/aromatic N) is 1. The van der Waals surface area contributed by atoms with Gasteiger partial charge < -0.3 is 69.9 Å². The lowest BCUT2D eigenvalue weighted by Crippen LogP contribution is -2.61. The molecule has 0 saturated carbocycles. The molecule has 0 fully saturated rings. The van der Waals surface area contributed by atoms with E-state index in [1.54, 1.807) is 74.5 Å². The summed E-state index contributed by atoms with van der Waals surface area (Å²) in [6, 6.07) is 7.54. The molecule has 0 saturated heterocycles. The Balaban J connectivity index is 2.51. The fourth-order valence-corrected chi connectivity index (χ4v) is 7.95. The van der Waals surface area contributed by atoms with Gasteiger partial charge in [-0.2, -0.15) is 0 Å². The van der Waals surface area contributed by atoms with Crippen LogP contribution in [0.2, 0.25) is 0 Å². The van der Waals surface area contributed by atoms with Gasteiger partial charge in [0.1, 0.15) is 48.3 Å². The number of guanidine groups is 1. The zero-order chi connectivity index (χ0) is 57.1. The highest BCUT2D eigenvalue weighted by atomic mass is 16.4. The Morgan fingerprint density at radius 1 is 0.487 bits per heavy atom. The van der Waals surface area contributed by atoms with Gasteiger partial charge >= 0.3 is 5.97 Å². The minimum absolute atomic E-state index is 0.0146. The molecule has 2 aromatic rings. The summed E-state index contributed by atoms with van der Waals surface area (Å²) in [5.74, 6) is -7.91. The minimum Gasteiger partial charge on any atom is -0.480 e. The maximum absolute atomic E-state index is 14.6. The third-order valence-corrected chi connectivity index (χ3v) is 11.7. The Bertz CT molecular complexity index is 2230. The summed E-state index contributed by atoms with van der Waals surface area (Å²) in [7, 11) is 0. The number of aliphatic hydroxyl groups excluding tert-OH is 1. The lowest BCUT2D eigenvalue weighted by molar-refractivity contribution is -0.142. The number of nitrogens with one attached hydrogen (secondary N) is 8. The molecule has 0 unspecified atom stereocenters. The van der Waals surface area contributed by atoms with Crippen molar-refractivity contribution in [1.82, 2.24) is 42.5 Å². The van der Waals surface area contributed by atoms with Crippen molar-refractivity contribution in [3.63, 3.8) is 0 Å². The summed E-state index contributed by atoms with van der Waals surface area (Å²) in [5.41, 5.74) is 18.1. The fourth-order valence-electron chi connectivity index (χ4n) is 7.95. The van der Waals surface area contributed by atoms with Gasteiger partial charge in [-0.1, -0.05) is 116 Å². The predicted molar refractivity (Wildman–Crippen MR) is 287 cm³/mol. The lowest BCUT2D eigenvalue weighted by Gasteiger charge is -2.29. The quantitative estimate of drug-likeness (QED) is 0.0242. The van der Waals surface area contributed by atoms with Crippen LogP contribution in [0.4, 0.5) is 0 Å². The first-order valence-electron chi connectivity index (χ1n) is 25.9. The van der Waals surface area contributed by atoms with Gasteiger partial charge in [-0.3, -0.25) is 43.3 Å². The van der Waals surface area contributed by atoms with E-state index in [0.717, 1.165) is 0 Å². The zero-order valence-electron chi connectivity index (χ0n) is 45.2. The van der Waals surface area contributed by atoms with E-state index in [1.165, 1.54) is 0 Å². The zero-order valence-corrected chi connectivity index (χ0v) is 45.2. The highest BCUT2D eigenvalue weighted by Gasteiger charge is 2.35. The van der Waals surface area contributed by atoms with Crippen LogP contribution in [-0.2, 0) is 56.0 Å². The van der Waals surface area contributed by atoms with Crippen LogP contribution in [0.5, 0.6) is 0 Å². The maximum Gasteiger partial charge on any atom is 0.326 e. The summed E-state index contributed by atoms with van der Waals surface area (Å²) in [5, 5.41) is 40.3. The van der Waals surface area contributed by atoms with Crippen LogP contribution in [0.15, 0.2) is 65.7 Å². The van der Waals surface area contributed by atoms with Crippen LogP contribution in [0, 0.1) is 23.7 Å². The highest BCUT2D eigenvalue weighted by Crippen LogP contribution is 2.14. The number of hydrogen-bond acceptors (Lipinski definition) is 12. The van der Waals surface area contributed by atoms with Crippen molar-refractivity contribution < 1.29 is 53.4 Å². The van der Waals surface area contributed by atoms with Crippen molar-refractivity contribution in [3.05, 3.63) is 71.8 Å². The summed E-state index contributed by atoms with van der Waals surface area (Å²) in [6.45, 7) is 13.4. The van der Waals surface area contributed by atoms with Gasteiger partial charge in [-0.25, -0.2) is 4.79 Å². The number of rotatable bonds is 34. The van der Waals surface area contributed by atoms with E-state index in [4.69, 9.17) is 17.2 Å². The first-order chi connectivity index (χ1) is 35.8. The summed E-state index contributed by atoms with van der Waals surface area (Å²) in [6.07, 6.45) is 0.579. The molecule has 0 aromatic heterocycles. The van der Waals surface area contributed by atoms with Crippen LogP contribution in [0.25, 0.3) is 0 Å². The van der Waals surface area contributed by atoms with Gasteiger partial charge in [0, 0.05) is 19.4 Å². The standard InChI is InChI=1S/C53H84N12O11/c1-30(2)22-38(46(69)58-28-44(67)59-43(52(75)76)25-33(7)8)62-47(70)37(20-15-21-57-53(55)56)60-50(73)41(26-34-16-11-9-12-17-34)64-49(72)40(24-32(5)6)63-51(74)42(27-35-18-13-10-14-19-35)65-48(71)39(23-31(3)4)61-45(68)36(54)29-66/h9-14,16-19,30-33,36-43,66H,15,20-29,54H2,1-8H3,(H,58,69)(H,59,67)(H,60,73)(H,61,68)(H,62,70)(H,63,74)(H,64,72)(H,65,71)(H,75,76)(H4,55,56,57)/t36-,37-,38-,39-,40-,41-,42-,43-/m0/s1. The Kier molecular flexibility index (Phi) is 28.8. The number of carboxylic acid groups (broad SMARTS) is 1. The second kappa shape index (κ2) is 33.7. The van der Waals surface area contributed by atoms with E-state index in [9.17, 15) is 53.4 Å². The minimum atomic E-state index is -1.35. The molecule has 0 spiro atoms. The fraction of sp³-hybridized carbons (Fsp3) is 0.585. The van der Waals surface area contributed by atoms with Crippen molar-refractivity contribution in [2.45, 2.75) is 155 Å². The van der Waals surface area contributed by atoms with Crippen molar-refractivity contribution in [2.24, 2.45) is 45.9 Å². The molecule has 0 aliphatic rings. The number of hydrogen-bond donors (Lipinski definition) is 13. The molecule has 0 heterocycles. The van der Waals surface area contributed by atoms with Crippen LogP contribution in [0.3, 0.4) is 0 Å². The molecule has 0 radical (unpaired) electrons. The van der Waals surface area contributed by atoms with Crippen molar-refractivity contribution in [2.75, 3.05) is 19.7 Å². The maximum atomic E-state index is 14.6. The normalized spacial score (nSPS) is 14.4. The Hall–Kier alpha value is -7.14. The van der Waals surface area contributed by atoms with Crippen molar-refractivity contribution in [3.8, 4) is 0 Å². The van der Waals surface area contributed by atoms with Gasteiger partial charge in [0.15, 0.2) is 5.96 Å². The second-order valence-electron chi connectivity index (χ2n) is 20.7. The van der Waals surface area contributed by atoms with E-state index in [-0.39, 0.29) is 87.5 Å². The molecule has 2 aromatic carbocycles. The molecular formula is C53H84N12O11. The Morgan fingerprint density at radius 3 is 1.24 bits per heavy atom. The highest BCUT2D eigenvalue weighted by molar-refractivity contribution is 5.98. The third-order valence-electron chi connectivity index (χ3n) is 11.7. The molecule has 8 amide bonds. The number of benzene rings is 2. The SMILES string of the molecule is CC(C)C[C@H](NC(=O)CNC(=O)[C@H](CC(C)C)NC(=O)[C@H](CCCN=C(N)N)NC(=O)[C@H](Cc1ccccc1)NC(=O)[C@H](CC(C)C)NC(=O)[C@H](Cc1ccccc1)NC(=O)[C@H](CC(C)C)NC(=O)[C@@H](N)CO)C(=O)O. The molecule has 8 atom stereocenters. The van der Waals surface area contributed by atoms with Gasteiger partial charge in [0.05, 0.1) is 13.2 Å². The molecule has 422 valence electrons.